The predicted octanol–water partition coefficient (Wildman–Crippen LogP) is 1.74. The van der Waals surface area contributed by atoms with Crippen LogP contribution >= 0.6 is 0 Å². The highest BCUT2D eigenvalue weighted by Gasteiger charge is 2.28. The Balaban J connectivity index is 1.56. The van der Waals surface area contributed by atoms with Crippen molar-refractivity contribution < 1.29 is 14.6 Å². The molecule has 1 amide bonds. The van der Waals surface area contributed by atoms with Gasteiger partial charge in [-0.25, -0.2) is 4.98 Å². The Kier molecular flexibility index (Phi) is 5.35. The molecular weight excluding hydrogens is 372 g/mol. The number of aliphatic hydroxyl groups is 1. The number of H-pyrrole nitrogens is 2. The first-order valence-corrected chi connectivity index (χ1v) is 9.71. The second kappa shape index (κ2) is 7.94. The normalized spacial score (nSPS) is 15.7. The van der Waals surface area contributed by atoms with Gasteiger partial charge in [-0.1, -0.05) is 6.07 Å². The van der Waals surface area contributed by atoms with Crippen molar-refractivity contribution in [3.63, 3.8) is 0 Å². The number of aliphatic hydroxyl groups excluding tert-OH is 1. The van der Waals surface area contributed by atoms with E-state index >= 15 is 0 Å². The second-order valence-corrected chi connectivity index (χ2v) is 7.98. The number of nitrogens with zero attached hydrogens (tertiary/aromatic N) is 3. The van der Waals surface area contributed by atoms with Crippen LogP contribution in [0.5, 0.6) is 0 Å². The number of carbonyl (C=O) groups is 1. The summed E-state index contributed by atoms with van der Waals surface area (Å²) in [5.74, 6) is 0.310. The number of amides is 1. The van der Waals surface area contributed by atoms with Crippen LogP contribution in [0.1, 0.15) is 19.4 Å². The maximum atomic E-state index is 12.4. The Morgan fingerprint density at radius 2 is 2.14 bits per heavy atom. The van der Waals surface area contributed by atoms with Crippen LogP contribution in [0.4, 0.5) is 5.69 Å². The zero-order valence-electron chi connectivity index (χ0n) is 16.7. The summed E-state index contributed by atoms with van der Waals surface area (Å²) in [5, 5.41) is 19.2. The number of hydrogen-bond donors (Lipinski definition) is 4. The third kappa shape index (κ3) is 4.16. The number of ether oxygens (including phenoxy) is 1. The van der Waals surface area contributed by atoms with Crippen molar-refractivity contribution in [3.05, 3.63) is 30.0 Å². The fourth-order valence-corrected chi connectivity index (χ4v) is 3.22. The van der Waals surface area contributed by atoms with Gasteiger partial charge >= 0.3 is 0 Å². The standard InChI is InChI=1S/C20H26N6O3/c1-20(2,12-27)19(28)24-16-10-21-25-17(16)18-22-14-4-3-13(9-15(14)23-18)11-26-5-7-29-8-6-26/h3-4,9-10,27H,5-8,11-12H2,1-2H3,(H,21,25)(H,22,23)(H,24,28). The largest absolute Gasteiger partial charge is 0.395 e. The average Bonchev–Trinajstić information content (AvgIpc) is 3.34. The first kappa shape index (κ1) is 19.6. The van der Waals surface area contributed by atoms with E-state index in [1.165, 1.54) is 11.8 Å². The van der Waals surface area contributed by atoms with Gasteiger partial charge < -0.3 is 20.1 Å². The van der Waals surface area contributed by atoms with Crippen LogP contribution in [0.25, 0.3) is 22.6 Å². The lowest BCUT2D eigenvalue weighted by Gasteiger charge is -2.26. The Bertz CT molecular complexity index is 1000. The molecule has 0 spiro atoms. The number of rotatable bonds is 6. The Hall–Kier alpha value is -2.75. The highest BCUT2D eigenvalue weighted by atomic mass is 16.5. The number of carbonyl (C=O) groups excluding carboxylic acids is 1. The molecule has 0 atom stereocenters. The SMILES string of the molecule is CC(C)(CO)C(=O)Nc1cn[nH]c1-c1nc2ccc(CN3CCOCC3)cc2[nH]1. The molecule has 2 aromatic heterocycles. The minimum Gasteiger partial charge on any atom is -0.395 e. The number of imidazole rings is 1. The summed E-state index contributed by atoms with van der Waals surface area (Å²) in [4.78, 5) is 22.7. The van der Waals surface area contributed by atoms with Gasteiger partial charge in [0.2, 0.25) is 5.91 Å². The van der Waals surface area contributed by atoms with Crippen LogP contribution in [-0.4, -0.2) is 69.0 Å². The third-order valence-electron chi connectivity index (χ3n) is 5.19. The van der Waals surface area contributed by atoms with E-state index in [2.05, 4.69) is 42.5 Å². The quantitative estimate of drug-likeness (QED) is 0.502. The molecule has 9 heteroatoms. The van der Waals surface area contributed by atoms with Crippen molar-refractivity contribution in [2.24, 2.45) is 5.41 Å². The number of hydrogen-bond acceptors (Lipinski definition) is 6. The summed E-state index contributed by atoms with van der Waals surface area (Å²) >= 11 is 0. The molecule has 9 nitrogen and oxygen atoms in total. The summed E-state index contributed by atoms with van der Waals surface area (Å²) < 4.78 is 5.41. The summed E-state index contributed by atoms with van der Waals surface area (Å²) in [6.07, 6.45) is 1.54. The number of anilines is 1. The lowest BCUT2D eigenvalue weighted by atomic mass is 9.93. The molecular formula is C20H26N6O3. The van der Waals surface area contributed by atoms with Gasteiger partial charge in [-0.05, 0) is 31.5 Å². The molecule has 1 aromatic carbocycles. The van der Waals surface area contributed by atoms with Crippen molar-refractivity contribution in [1.82, 2.24) is 25.1 Å². The first-order valence-electron chi connectivity index (χ1n) is 9.71. The van der Waals surface area contributed by atoms with Crippen LogP contribution in [-0.2, 0) is 16.1 Å². The number of aromatic nitrogens is 4. The maximum absolute atomic E-state index is 12.4. The van der Waals surface area contributed by atoms with E-state index in [-0.39, 0.29) is 12.5 Å². The molecule has 0 bridgehead atoms. The molecule has 4 N–H and O–H groups in total. The fourth-order valence-electron chi connectivity index (χ4n) is 3.22. The van der Waals surface area contributed by atoms with E-state index in [1.807, 2.05) is 6.07 Å². The molecule has 154 valence electrons. The summed E-state index contributed by atoms with van der Waals surface area (Å²) in [7, 11) is 0. The van der Waals surface area contributed by atoms with E-state index in [1.54, 1.807) is 13.8 Å². The van der Waals surface area contributed by atoms with E-state index in [4.69, 9.17) is 4.74 Å². The van der Waals surface area contributed by atoms with Gasteiger partial charge in [0, 0.05) is 19.6 Å². The molecule has 1 fully saturated rings. The van der Waals surface area contributed by atoms with Crippen molar-refractivity contribution in [2.45, 2.75) is 20.4 Å². The topological polar surface area (TPSA) is 119 Å². The summed E-state index contributed by atoms with van der Waals surface area (Å²) in [6.45, 7) is 7.41. The van der Waals surface area contributed by atoms with Crippen LogP contribution in [0.15, 0.2) is 24.4 Å². The minimum absolute atomic E-state index is 0.247. The minimum atomic E-state index is -0.892. The molecule has 1 aliphatic rings. The second-order valence-electron chi connectivity index (χ2n) is 7.98. The van der Waals surface area contributed by atoms with Crippen LogP contribution in [0.3, 0.4) is 0 Å². The third-order valence-corrected chi connectivity index (χ3v) is 5.19. The predicted molar refractivity (Wildman–Crippen MR) is 109 cm³/mol. The monoisotopic (exact) mass is 398 g/mol. The van der Waals surface area contributed by atoms with Crippen molar-refractivity contribution in [3.8, 4) is 11.5 Å². The van der Waals surface area contributed by atoms with Crippen LogP contribution in [0, 0.1) is 5.41 Å². The Morgan fingerprint density at radius 1 is 1.34 bits per heavy atom. The number of morpholine rings is 1. The highest BCUT2D eigenvalue weighted by molar-refractivity contribution is 5.97. The van der Waals surface area contributed by atoms with Gasteiger partial charge in [0.25, 0.3) is 0 Å². The number of nitrogens with one attached hydrogen (secondary N) is 3. The molecule has 1 aliphatic heterocycles. The van der Waals surface area contributed by atoms with E-state index in [0.29, 0.717) is 17.2 Å². The zero-order chi connectivity index (χ0) is 20.4. The number of fused-ring (bicyclic) bond motifs is 1. The Morgan fingerprint density at radius 3 is 2.90 bits per heavy atom. The van der Waals surface area contributed by atoms with Crippen LogP contribution in [0.2, 0.25) is 0 Å². The van der Waals surface area contributed by atoms with Gasteiger partial charge in [0.1, 0.15) is 5.69 Å². The molecule has 1 saturated heterocycles. The first-order chi connectivity index (χ1) is 14.0. The number of aromatic amines is 2. The molecule has 3 heterocycles. The van der Waals surface area contributed by atoms with Gasteiger partial charge in [0.15, 0.2) is 5.82 Å². The zero-order valence-corrected chi connectivity index (χ0v) is 16.7. The van der Waals surface area contributed by atoms with Gasteiger partial charge in [0.05, 0.1) is 48.2 Å². The maximum Gasteiger partial charge on any atom is 0.232 e. The molecule has 3 aromatic rings. The Labute approximate surface area is 168 Å². The van der Waals surface area contributed by atoms with Crippen molar-refractivity contribution in [2.75, 3.05) is 38.2 Å². The molecule has 4 rings (SSSR count). The van der Waals surface area contributed by atoms with Gasteiger partial charge in [-0.3, -0.25) is 14.8 Å². The molecule has 0 saturated carbocycles. The lowest BCUT2D eigenvalue weighted by Crippen LogP contribution is -2.35. The van der Waals surface area contributed by atoms with E-state index in [9.17, 15) is 9.90 Å². The van der Waals surface area contributed by atoms with Gasteiger partial charge in [-0.15, -0.1) is 0 Å². The molecule has 0 radical (unpaired) electrons. The van der Waals surface area contributed by atoms with Gasteiger partial charge in [-0.2, -0.15) is 5.10 Å². The van der Waals surface area contributed by atoms with E-state index in [0.717, 1.165) is 43.9 Å². The van der Waals surface area contributed by atoms with Crippen molar-refractivity contribution >= 4 is 22.6 Å². The molecule has 29 heavy (non-hydrogen) atoms. The summed E-state index contributed by atoms with van der Waals surface area (Å²) in [6, 6.07) is 6.18. The fraction of sp³-hybridized carbons (Fsp3) is 0.450. The smallest absolute Gasteiger partial charge is 0.232 e. The molecule has 0 unspecified atom stereocenters. The average molecular weight is 398 g/mol. The number of benzene rings is 1. The van der Waals surface area contributed by atoms with Crippen molar-refractivity contribution in [1.29, 1.82) is 0 Å². The lowest BCUT2D eigenvalue weighted by molar-refractivity contribution is -0.125. The van der Waals surface area contributed by atoms with E-state index < -0.39 is 5.41 Å². The van der Waals surface area contributed by atoms with Crippen LogP contribution < -0.4 is 5.32 Å². The highest BCUT2D eigenvalue weighted by Crippen LogP contribution is 2.27. The summed E-state index contributed by atoms with van der Waals surface area (Å²) in [5.41, 5.74) is 3.19. The molecule has 0 aliphatic carbocycles.